The zero-order chi connectivity index (χ0) is 12.3. The Morgan fingerprint density at radius 3 is 2.82 bits per heavy atom. The molecule has 1 heterocycles. The molecule has 88 valence electrons. The van der Waals surface area contributed by atoms with Crippen LogP contribution in [0.15, 0.2) is 36.8 Å². The number of aliphatic hydroxyl groups is 1. The van der Waals surface area contributed by atoms with Crippen molar-refractivity contribution >= 4 is 11.6 Å². The van der Waals surface area contributed by atoms with E-state index in [0.717, 1.165) is 0 Å². The van der Waals surface area contributed by atoms with E-state index < -0.39 is 11.9 Å². The summed E-state index contributed by atoms with van der Waals surface area (Å²) >= 11 is 5.65. The summed E-state index contributed by atoms with van der Waals surface area (Å²) < 4.78 is 13.5. The van der Waals surface area contributed by atoms with Crippen molar-refractivity contribution in [3.63, 3.8) is 0 Å². The second kappa shape index (κ2) is 5.21. The first-order chi connectivity index (χ1) is 8.16. The minimum absolute atomic E-state index is 0.141. The standard InChI is InChI=1S/C12H10ClFN2O/c13-9-2-1-8(10(14)6-9)5-12(17)11-7-15-3-4-16-11/h1-4,6-7,12,17H,5H2. The van der Waals surface area contributed by atoms with Crippen LogP contribution in [0.5, 0.6) is 0 Å². The lowest BCUT2D eigenvalue weighted by Gasteiger charge is -2.10. The SMILES string of the molecule is OC(Cc1ccc(Cl)cc1F)c1cnccn1. The molecule has 1 aromatic heterocycles. The third kappa shape index (κ3) is 2.99. The maximum Gasteiger partial charge on any atom is 0.127 e. The van der Waals surface area contributed by atoms with Gasteiger partial charge in [-0.25, -0.2) is 4.39 Å². The Bertz CT molecular complexity index is 507. The fourth-order valence-corrected chi connectivity index (χ4v) is 1.64. The molecule has 0 aliphatic rings. The Balaban J connectivity index is 2.16. The predicted molar refractivity (Wildman–Crippen MR) is 62.1 cm³/mol. The van der Waals surface area contributed by atoms with Crippen molar-refractivity contribution in [2.75, 3.05) is 0 Å². The van der Waals surface area contributed by atoms with Crippen molar-refractivity contribution < 1.29 is 9.50 Å². The zero-order valence-electron chi connectivity index (χ0n) is 8.85. The smallest absolute Gasteiger partial charge is 0.127 e. The van der Waals surface area contributed by atoms with Crippen LogP contribution in [0.3, 0.4) is 0 Å². The van der Waals surface area contributed by atoms with Crippen molar-refractivity contribution in [1.82, 2.24) is 9.97 Å². The van der Waals surface area contributed by atoms with Crippen LogP contribution in [0.2, 0.25) is 5.02 Å². The maximum atomic E-state index is 13.5. The summed E-state index contributed by atoms with van der Waals surface area (Å²) in [6, 6.07) is 4.36. The first kappa shape index (κ1) is 12.0. The fourth-order valence-electron chi connectivity index (χ4n) is 1.48. The number of halogens is 2. The highest BCUT2D eigenvalue weighted by molar-refractivity contribution is 6.30. The van der Waals surface area contributed by atoms with Crippen molar-refractivity contribution in [3.05, 3.63) is 58.9 Å². The van der Waals surface area contributed by atoms with E-state index in [4.69, 9.17) is 11.6 Å². The molecule has 0 aliphatic heterocycles. The normalized spacial score (nSPS) is 12.4. The van der Waals surface area contributed by atoms with Gasteiger partial charge < -0.3 is 5.11 Å². The van der Waals surface area contributed by atoms with Crippen LogP contribution in [-0.4, -0.2) is 15.1 Å². The molecule has 3 nitrogen and oxygen atoms in total. The fraction of sp³-hybridized carbons (Fsp3) is 0.167. The summed E-state index contributed by atoms with van der Waals surface area (Å²) in [5.41, 5.74) is 0.814. The summed E-state index contributed by atoms with van der Waals surface area (Å²) in [5.74, 6) is -0.430. The molecule has 1 aromatic carbocycles. The Morgan fingerprint density at radius 2 is 2.18 bits per heavy atom. The zero-order valence-corrected chi connectivity index (χ0v) is 9.60. The highest BCUT2D eigenvalue weighted by Gasteiger charge is 2.13. The molecule has 0 fully saturated rings. The van der Waals surface area contributed by atoms with Gasteiger partial charge in [0, 0.05) is 23.8 Å². The number of hydrogen-bond donors (Lipinski definition) is 1. The van der Waals surface area contributed by atoms with E-state index in [0.29, 0.717) is 16.3 Å². The lowest BCUT2D eigenvalue weighted by molar-refractivity contribution is 0.172. The second-order valence-corrected chi connectivity index (χ2v) is 4.02. The minimum Gasteiger partial charge on any atom is -0.386 e. The third-order valence-electron chi connectivity index (χ3n) is 2.35. The molecule has 0 saturated heterocycles. The van der Waals surface area contributed by atoms with Crippen LogP contribution in [-0.2, 0) is 6.42 Å². The molecule has 1 N–H and O–H groups in total. The molecular weight excluding hydrogens is 243 g/mol. The van der Waals surface area contributed by atoms with Crippen LogP contribution in [0.25, 0.3) is 0 Å². The van der Waals surface area contributed by atoms with Gasteiger partial charge in [0.15, 0.2) is 0 Å². The van der Waals surface area contributed by atoms with E-state index in [-0.39, 0.29) is 6.42 Å². The molecule has 0 radical (unpaired) electrons. The highest BCUT2D eigenvalue weighted by Crippen LogP contribution is 2.20. The number of benzene rings is 1. The number of aromatic nitrogens is 2. The van der Waals surface area contributed by atoms with E-state index in [1.165, 1.54) is 24.7 Å². The molecule has 0 spiro atoms. The lowest BCUT2D eigenvalue weighted by Crippen LogP contribution is -2.05. The van der Waals surface area contributed by atoms with E-state index in [9.17, 15) is 9.50 Å². The van der Waals surface area contributed by atoms with Gasteiger partial charge >= 0.3 is 0 Å². The van der Waals surface area contributed by atoms with E-state index in [1.54, 1.807) is 12.1 Å². The summed E-state index contributed by atoms with van der Waals surface area (Å²) in [5, 5.41) is 10.2. The Kier molecular flexibility index (Phi) is 3.66. The average Bonchev–Trinajstić information content (AvgIpc) is 2.34. The van der Waals surface area contributed by atoms with Crippen LogP contribution in [0.4, 0.5) is 4.39 Å². The number of aliphatic hydroxyl groups excluding tert-OH is 1. The molecule has 0 bridgehead atoms. The van der Waals surface area contributed by atoms with Gasteiger partial charge in [-0.2, -0.15) is 0 Å². The number of rotatable bonds is 3. The first-order valence-electron chi connectivity index (χ1n) is 5.04. The van der Waals surface area contributed by atoms with Gasteiger partial charge in [0.25, 0.3) is 0 Å². The third-order valence-corrected chi connectivity index (χ3v) is 2.59. The van der Waals surface area contributed by atoms with Crippen molar-refractivity contribution in [1.29, 1.82) is 0 Å². The quantitative estimate of drug-likeness (QED) is 0.913. The van der Waals surface area contributed by atoms with Gasteiger partial charge in [-0.3, -0.25) is 9.97 Å². The van der Waals surface area contributed by atoms with Gasteiger partial charge in [0.2, 0.25) is 0 Å². The first-order valence-corrected chi connectivity index (χ1v) is 5.42. The van der Waals surface area contributed by atoms with Crippen LogP contribution < -0.4 is 0 Å². The summed E-state index contributed by atoms with van der Waals surface area (Å²) in [4.78, 5) is 7.81. The molecule has 2 aromatic rings. The largest absolute Gasteiger partial charge is 0.386 e. The van der Waals surface area contributed by atoms with Gasteiger partial charge in [-0.05, 0) is 17.7 Å². The Hall–Kier alpha value is -1.52. The van der Waals surface area contributed by atoms with E-state index >= 15 is 0 Å². The molecule has 17 heavy (non-hydrogen) atoms. The van der Waals surface area contributed by atoms with Gasteiger partial charge in [-0.1, -0.05) is 17.7 Å². The summed E-state index contributed by atoms with van der Waals surface area (Å²) in [7, 11) is 0. The molecule has 1 unspecified atom stereocenters. The van der Waals surface area contributed by atoms with Gasteiger partial charge in [0.05, 0.1) is 11.9 Å². The maximum absolute atomic E-state index is 13.5. The van der Waals surface area contributed by atoms with Crippen molar-refractivity contribution in [2.45, 2.75) is 12.5 Å². The van der Waals surface area contributed by atoms with Crippen molar-refractivity contribution in [3.8, 4) is 0 Å². The summed E-state index contributed by atoms with van der Waals surface area (Å²) in [6.45, 7) is 0. The topological polar surface area (TPSA) is 46.0 Å². The molecule has 1 atom stereocenters. The molecule has 0 saturated carbocycles. The second-order valence-electron chi connectivity index (χ2n) is 3.59. The van der Waals surface area contributed by atoms with Crippen LogP contribution in [0.1, 0.15) is 17.4 Å². The lowest BCUT2D eigenvalue weighted by atomic mass is 10.1. The molecule has 5 heteroatoms. The number of nitrogens with zero attached hydrogens (tertiary/aromatic N) is 2. The molecule has 0 aliphatic carbocycles. The predicted octanol–water partition coefficient (Wildman–Crippen LogP) is 2.55. The number of hydrogen-bond acceptors (Lipinski definition) is 3. The van der Waals surface area contributed by atoms with Crippen LogP contribution in [0, 0.1) is 5.82 Å². The average molecular weight is 253 g/mol. The van der Waals surface area contributed by atoms with E-state index in [1.807, 2.05) is 0 Å². The minimum atomic E-state index is -0.876. The van der Waals surface area contributed by atoms with Crippen molar-refractivity contribution in [2.24, 2.45) is 0 Å². The highest BCUT2D eigenvalue weighted by atomic mass is 35.5. The molecule has 0 amide bonds. The molecule has 2 rings (SSSR count). The van der Waals surface area contributed by atoms with E-state index in [2.05, 4.69) is 9.97 Å². The Morgan fingerprint density at radius 1 is 1.35 bits per heavy atom. The summed E-state index contributed by atoms with van der Waals surface area (Å²) in [6.07, 6.45) is 3.72. The Labute approximate surface area is 103 Å². The van der Waals surface area contributed by atoms with Gasteiger partial charge in [0.1, 0.15) is 11.9 Å². The monoisotopic (exact) mass is 252 g/mol. The molecular formula is C12H10ClFN2O. The van der Waals surface area contributed by atoms with Gasteiger partial charge in [-0.15, -0.1) is 0 Å². The van der Waals surface area contributed by atoms with Crippen LogP contribution >= 0.6 is 11.6 Å².